The van der Waals surface area contributed by atoms with Gasteiger partial charge >= 0.3 is 0 Å². The number of hydrogen-bond donors (Lipinski definition) is 2. The van der Waals surface area contributed by atoms with Gasteiger partial charge in [0.05, 0.1) is 6.61 Å². The third-order valence-electron chi connectivity index (χ3n) is 1.97. The molecule has 0 fully saturated rings. The first kappa shape index (κ1) is 11.5. The number of hydrazine groups is 1. The average Bonchev–Trinajstić information content (AvgIpc) is 2.24. The molecule has 15 heavy (non-hydrogen) atoms. The van der Waals surface area contributed by atoms with Gasteiger partial charge in [-0.05, 0) is 31.0 Å². The minimum absolute atomic E-state index is 0.164. The van der Waals surface area contributed by atoms with Crippen LogP contribution in [0.5, 0.6) is 5.75 Å². The highest BCUT2D eigenvalue weighted by Crippen LogP contribution is 2.12. The molecule has 1 aromatic carbocycles. The van der Waals surface area contributed by atoms with Crippen molar-refractivity contribution < 1.29 is 9.53 Å². The number of carbonyl (C=O) groups excluding carboxylic acids is 1. The number of hydrogen-bond acceptors (Lipinski definition) is 3. The van der Waals surface area contributed by atoms with Crippen LogP contribution < -0.4 is 16.0 Å². The maximum Gasteiger partial charge on any atom is 0.234 e. The molecule has 0 unspecified atom stereocenters. The van der Waals surface area contributed by atoms with E-state index in [0.717, 1.165) is 11.3 Å². The molecule has 4 nitrogen and oxygen atoms in total. The van der Waals surface area contributed by atoms with E-state index < -0.39 is 0 Å². The summed E-state index contributed by atoms with van der Waals surface area (Å²) in [6.07, 6.45) is 1.05. The largest absolute Gasteiger partial charge is 0.494 e. The molecule has 0 saturated heterocycles. The molecular formula is C11H16N2O2. The van der Waals surface area contributed by atoms with Crippen molar-refractivity contribution in [3.8, 4) is 5.75 Å². The third-order valence-corrected chi connectivity index (χ3v) is 1.97. The molecular weight excluding hydrogens is 192 g/mol. The Morgan fingerprint density at radius 1 is 1.53 bits per heavy atom. The molecule has 82 valence electrons. The van der Waals surface area contributed by atoms with Gasteiger partial charge in [-0.25, -0.2) is 5.84 Å². The standard InChI is InChI=1S/C11H16N2O2/c1-9-4-2-5-10(8-9)15-7-3-6-11(14)13-12/h2,4-5,8H,3,6-7,12H2,1H3,(H,13,14). The molecule has 1 amide bonds. The zero-order valence-electron chi connectivity index (χ0n) is 8.82. The van der Waals surface area contributed by atoms with Crippen LogP contribution in [0.15, 0.2) is 24.3 Å². The molecule has 0 aromatic heterocycles. The van der Waals surface area contributed by atoms with Crippen molar-refractivity contribution in [3.05, 3.63) is 29.8 Å². The first-order chi connectivity index (χ1) is 7.22. The SMILES string of the molecule is Cc1cccc(OCCCC(=O)NN)c1. The van der Waals surface area contributed by atoms with Crippen molar-refractivity contribution in [3.63, 3.8) is 0 Å². The molecule has 0 spiro atoms. The first-order valence-corrected chi connectivity index (χ1v) is 4.91. The van der Waals surface area contributed by atoms with Crippen LogP contribution in [0.3, 0.4) is 0 Å². The molecule has 0 bridgehead atoms. The third kappa shape index (κ3) is 4.46. The van der Waals surface area contributed by atoms with Gasteiger partial charge < -0.3 is 4.74 Å². The summed E-state index contributed by atoms with van der Waals surface area (Å²) in [5.41, 5.74) is 3.24. The monoisotopic (exact) mass is 208 g/mol. The lowest BCUT2D eigenvalue weighted by molar-refractivity contribution is -0.121. The van der Waals surface area contributed by atoms with Crippen LogP contribution >= 0.6 is 0 Å². The fourth-order valence-electron chi connectivity index (χ4n) is 1.20. The highest BCUT2D eigenvalue weighted by Gasteiger charge is 1.98. The highest BCUT2D eigenvalue weighted by atomic mass is 16.5. The summed E-state index contributed by atoms with van der Waals surface area (Å²) in [7, 11) is 0. The van der Waals surface area contributed by atoms with Gasteiger partial charge in [0.25, 0.3) is 0 Å². The minimum atomic E-state index is -0.164. The number of benzene rings is 1. The van der Waals surface area contributed by atoms with E-state index in [-0.39, 0.29) is 5.91 Å². The predicted octanol–water partition coefficient (Wildman–Crippen LogP) is 1.14. The Kier molecular flexibility index (Phi) is 4.63. The quantitative estimate of drug-likeness (QED) is 0.330. The van der Waals surface area contributed by atoms with Crippen molar-refractivity contribution in [2.45, 2.75) is 19.8 Å². The van der Waals surface area contributed by atoms with Gasteiger partial charge in [-0.3, -0.25) is 10.2 Å². The van der Waals surface area contributed by atoms with Crippen LogP contribution in [0.1, 0.15) is 18.4 Å². The van der Waals surface area contributed by atoms with Gasteiger partial charge in [0.15, 0.2) is 0 Å². The second-order valence-electron chi connectivity index (χ2n) is 3.34. The first-order valence-electron chi connectivity index (χ1n) is 4.91. The molecule has 3 N–H and O–H groups in total. The lowest BCUT2D eigenvalue weighted by Gasteiger charge is -2.06. The Hall–Kier alpha value is -1.55. The van der Waals surface area contributed by atoms with Gasteiger partial charge in [0.1, 0.15) is 5.75 Å². The van der Waals surface area contributed by atoms with Crippen molar-refractivity contribution in [1.29, 1.82) is 0 Å². The van der Waals surface area contributed by atoms with Gasteiger partial charge in [0.2, 0.25) is 5.91 Å². The lowest BCUT2D eigenvalue weighted by Crippen LogP contribution is -2.29. The van der Waals surface area contributed by atoms with Crippen LogP contribution in [0.25, 0.3) is 0 Å². The number of carbonyl (C=O) groups is 1. The van der Waals surface area contributed by atoms with E-state index in [1.54, 1.807) is 0 Å². The summed E-state index contributed by atoms with van der Waals surface area (Å²) in [4.78, 5) is 10.8. The molecule has 0 heterocycles. The molecule has 1 aromatic rings. The molecule has 0 radical (unpaired) electrons. The average molecular weight is 208 g/mol. The summed E-state index contributed by atoms with van der Waals surface area (Å²) in [5, 5.41) is 0. The zero-order valence-corrected chi connectivity index (χ0v) is 8.82. The maximum absolute atomic E-state index is 10.8. The molecule has 0 aliphatic carbocycles. The van der Waals surface area contributed by atoms with E-state index in [1.165, 1.54) is 0 Å². The smallest absolute Gasteiger partial charge is 0.234 e. The zero-order chi connectivity index (χ0) is 11.1. The Morgan fingerprint density at radius 2 is 2.33 bits per heavy atom. The van der Waals surface area contributed by atoms with Crippen LogP contribution in [0.2, 0.25) is 0 Å². The molecule has 0 atom stereocenters. The second-order valence-corrected chi connectivity index (χ2v) is 3.34. The van der Waals surface area contributed by atoms with Crippen LogP contribution in [0.4, 0.5) is 0 Å². The fraction of sp³-hybridized carbons (Fsp3) is 0.364. The molecule has 0 aliphatic heterocycles. The number of rotatable bonds is 5. The van der Waals surface area contributed by atoms with E-state index >= 15 is 0 Å². The Balaban J connectivity index is 2.23. The van der Waals surface area contributed by atoms with E-state index in [2.05, 4.69) is 5.43 Å². The summed E-state index contributed by atoms with van der Waals surface area (Å²) in [5.74, 6) is 5.62. The Morgan fingerprint density at radius 3 is 3.00 bits per heavy atom. The van der Waals surface area contributed by atoms with Crippen molar-refractivity contribution in [2.75, 3.05) is 6.61 Å². The predicted molar refractivity (Wildman–Crippen MR) is 58.2 cm³/mol. The van der Waals surface area contributed by atoms with Gasteiger partial charge in [-0.1, -0.05) is 12.1 Å². The van der Waals surface area contributed by atoms with E-state index in [4.69, 9.17) is 10.6 Å². The lowest BCUT2D eigenvalue weighted by atomic mass is 10.2. The van der Waals surface area contributed by atoms with Crippen molar-refractivity contribution >= 4 is 5.91 Å². The second kappa shape index (κ2) is 6.03. The summed E-state index contributed by atoms with van der Waals surface area (Å²) < 4.78 is 5.46. The fourth-order valence-corrected chi connectivity index (χ4v) is 1.20. The molecule has 4 heteroatoms. The number of aryl methyl sites for hydroxylation is 1. The van der Waals surface area contributed by atoms with Crippen molar-refractivity contribution in [2.24, 2.45) is 5.84 Å². The van der Waals surface area contributed by atoms with E-state index in [9.17, 15) is 4.79 Å². The number of nitrogens with one attached hydrogen (secondary N) is 1. The van der Waals surface area contributed by atoms with Gasteiger partial charge in [-0.15, -0.1) is 0 Å². The van der Waals surface area contributed by atoms with E-state index in [0.29, 0.717) is 19.4 Å². The number of amides is 1. The normalized spacial score (nSPS) is 9.73. The van der Waals surface area contributed by atoms with Crippen molar-refractivity contribution in [1.82, 2.24) is 5.43 Å². The minimum Gasteiger partial charge on any atom is -0.494 e. The topological polar surface area (TPSA) is 64.3 Å². The van der Waals surface area contributed by atoms with Gasteiger partial charge in [-0.2, -0.15) is 0 Å². The van der Waals surface area contributed by atoms with Crippen LogP contribution in [-0.2, 0) is 4.79 Å². The van der Waals surface area contributed by atoms with Gasteiger partial charge in [0, 0.05) is 6.42 Å². The summed E-state index contributed by atoms with van der Waals surface area (Å²) >= 11 is 0. The summed E-state index contributed by atoms with van der Waals surface area (Å²) in [6, 6.07) is 7.81. The Bertz CT molecular complexity index is 326. The Labute approximate surface area is 89.4 Å². The molecule has 0 aliphatic rings. The number of ether oxygens (including phenoxy) is 1. The maximum atomic E-state index is 10.8. The molecule has 0 saturated carbocycles. The molecule has 1 rings (SSSR count). The van der Waals surface area contributed by atoms with E-state index in [1.807, 2.05) is 31.2 Å². The van der Waals surface area contributed by atoms with Crippen LogP contribution in [-0.4, -0.2) is 12.5 Å². The number of nitrogens with two attached hydrogens (primary N) is 1. The summed E-state index contributed by atoms with van der Waals surface area (Å²) in [6.45, 7) is 2.53. The van der Waals surface area contributed by atoms with Crippen LogP contribution in [0, 0.1) is 6.92 Å². The highest BCUT2D eigenvalue weighted by molar-refractivity contribution is 5.75.